The third-order valence-corrected chi connectivity index (χ3v) is 12.9. The number of oxime groups is 1. The molecule has 2 aliphatic carbocycles. The maximum absolute atomic E-state index is 14.8. The van der Waals surface area contributed by atoms with E-state index in [1.165, 1.54) is 0 Å². The molecule has 340 valence electrons. The van der Waals surface area contributed by atoms with Crippen molar-refractivity contribution in [1.29, 1.82) is 0 Å². The molecule has 2 amide bonds. The van der Waals surface area contributed by atoms with E-state index in [4.69, 9.17) is 45.3 Å². The number of halogens is 1. The van der Waals surface area contributed by atoms with Crippen molar-refractivity contribution in [3.8, 4) is 11.5 Å². The van der Waals surface area contributed by atoms with Crippen LogP contribution in [0.5, 0.6) is 11.5 Å². The van der Waals surface area contributed by atoms with Gasteiger partial charge < -0.3 is 44.1 Å². The van der Waals surface area contributed by atoms with Crippen molar-refractivity contribution in [1.82, 2.24) is 10.2 Å². The zero-order chi connectivity index (χ0) is 44.2. The van der Waals surface area contributed by atoms with Crippen molar-refractivity contribution in [3.63, 3.8) is 0 Å². The Morgan fingerprint density at radius 1 is 1.05 bits per heavy atom. The molecule has 2 heterocycles. The van der Waals surface area contributed by atoms with Crippen LogP contribution in [0.15, 0.2) is 90.1 Å². The summed E-state index contributed by atoms with van der Waals surface area (Å²) < 4.78 is 32.2. The summed E-state index contributed by atoms with van der Waals surface area (Å²) in [6.07, 6.45) is 9.36. The quantitative estimate of drug-likeness (QED) is 0.0433. The summed E-state index contributed by atoms with van der Waals surface area (Å²) in [6, 6.07) is 18.7. The number of amides is 2. The van der Waals surface area contributed by atoms with E-state index < -0.39 is 36.2 Å². The predicted molar refractivity (Wildman–Crippen MR) is 241 cm³/mol. The maximum atomic E-state index is 14.8. The lowest BCUT2D eigenvalue weighted by atomic mass is 9.55. The monoisotopic (exact) mass is 887 g/mol. The molecule has 2 fully saturated rings. The Labute approximate surface area is 375 Å². The van der Waals surface area contributed by atoms with Gasteiger partial charge in [-0.1, -0.05) is 72.6 Å². The fourth-order valence-corrected chi connectivity index (χ4v) is 10.1. The predicted octanol–water partition coefficient (Wildman–Crippen LogP) is 8.99. The normalized spacial score (nSPS) is 25.5. The van der Waals surface area contributed by atoms with E-state index in [2.05, 4.69) is 18.0 Å². The molecule has 7 atom stereocenters. The third kappa shape index (κ3) is 10.5. The van der Waals surface area contributed by atoms with E-state index >= 15 is 0 Å². The van der Waals surface area contributed by atoms with E-state index in [1.54, 1.807) is 17.0 Å². The van der Waals surface area contributed by atoms with Crippen LogP contribution in [0.2, 0.25) is 0 Å². The maximum Gasteiger partial charge on any atom is 0.412 e. The van der Waals surface area contributed by atoms with Crippen molar-refractivity contribution in [3.05, 3.63) is 96.1 Å². The molecule has 2 aliphatic heterocycles. The molecule has 3 aromatic rings. The molecule has 0 radical (unpaired) electrons. The molecular weight excluding hydrogens is 826 g/mol. The van der Waals surface area contributed by atoms with Gasteiger partial charge in [0.1, 0.15) is 24.1 Å². The number of aliphatic hydroxyl groups is 2. The molecule has 3 N–H and O–H groups in total. The second-order valence-corrected chi connectivity index (χ2v) is 17.0. The van der Waals surface area contributed by atoms with Crippen LogP contribution in [-0.2, 0) is 25.6 Å². The molecule has 7 rings (SSSR count). The van der Waals surface area contributed by atoms with E-state index in [9.17, 15) is 19.8 Å². The van der Waals surface area contributed by atoms with Crippen molar-refractivity contribution in [2.24, 2.45) is 22.9 Å². The standard InChI is InChI=1S/C49H62ClN3O10/c1-3-26-60-49-43(53(48(57)59-28-23-50)32-35-17-13-16-33-14-5-6-18-37(33)35)31-41(52-63-44-20-9-12-27-58-44)39-29-34(15-7-10-24-54)38(19-8-11-25-55)45(46(39)49)40-30-36(21-22-42(40)62-49)61-47(56)51-4-2/h3,5-6,13-14,16-18,21-22,29-30,34,38,43-46,54-55H,1,4,7-12,15,19-20,23-28,31-32H2,2H3,(H,51,56). The van der Waals surface area contributed by atoms with E-state index in [1.807, 2.05) is 61.5 Å². The van der Waals surface area contributed by atoms with Crippen molar-refractivity contribution in [2.75, 3.05) is 45.5 Å². The molecule has 0 spiro atoms. The summed E-state index contributed by atoms with van der Waals surface area (Å²) in [7, 11) is 0. The van der Waals surface area contributed by atoms with Gasteiger partial charge in [-0.3, -0.25) is 4.90 Å². The number of hydrogen-bond donors (Lipinski definition) is 3. The van der Waals surface area contributed by atoms with Gasteiger partial charge in [-0.05, 0) is 97.4 Å². The first-order valence-corrected chi connectivity index (χ1v) is 23.2. The summed E-state index contributed by atoms with van der Waals surface area (Å²) in [6.45, 7) is 7.19. The Balaban J connectivity index is 1.47. The van der Waals surface area contributed by atoms with Crippen LogP contribution in [0.3, 0.4) is 0 Å². The van der Waals surface area contributed by atoms with Crippen molar-refractivity contribution in [2.45, 2.75) is 102 Å². The van der Waals surface area contributed by atoms with Gasteiger partial charge in [0.15, 0.2) is 0 Å². The molecule has 0 bridgehead atoms. The van der Waals surface area contributed by atoms with Crippen molar-refractivity contribution < 1.29 is 48.3 Å². The SMILES string of the molecule is C=CCOC12Oc3ccc(OC(=O)NCC)cc3C3C(CCCCO)C(CCCCO)C=C(C(=NOC4CCCCO4)CC1N(Cc1cccc4ccccc14)C(=O)OCCCl)C32. The van der Waals surface area contributed by atoms with Crippen molar-refractivity contribution >= 4 is 40.3 Å². The highest BCUT2D eigenvalue weighted by molar-refractivity contribution is 6.18. The first-order chi connectivity index (χ1) is 30.8. The average molecular weight is 888 g/mol. The number of nitrogens with one attached hydrogen (secondary N) is 1. The molecule has 1 saturated carbocycles. The Bertz CT molecular complexity index is 2090. The molecule has 3 aromatic carbocycles. The Hall–Kier alpha value is -4.66. The van der Waals surface area contributed by atoms with Crippen LogP contribution in [-0.4, -0.2) is 96.6 Å². The second-order valence-electron chi connectivity index (χ2n) is 16.7. The molecule has 0 aromatic heterocycles. The zero-order valence-electron chi connectivity index (χ0n) is 36.3. The number of benzene rings is 3. The van der Waals surface area contributed by atoms with Crippen LogP contribution in [0.25, 0.3) is 10.8 Å². The number of rotatable bonds is 20. The number of ether oxygens (including phenoxy) is 5. The molecule has 4 aliphatic rings. The molecule has 13 nitrogen and oxygen atoms in total. The van der Waals surface area contributed by atoms with Gasteiger partial charge in [0.05, 0.1) is 37.3 Å². The summed E-state index contributed by atoms with van der Waals surface area (Å²) in [5.74, 6) is -1.47. The van der Waals surface area contributed by atoms with E-state index in [0.717, 1.165) is 66.0 Å². The Kier molecular flexibility index (Phi) is 16.4. The van der Waals surface area contributed by atoms with Gasteiger partial charge in [0, 0.05) is 44.1 Å². The lowest BCUT2D eigenvalue weighted by molar-refractivity contribution is -0.256. The largest absolute Gasteiger partial charge is 0.459 e. The van der Waals surface area contributed by atoms with E-state index in [0.29, 0.717) is 49.6 Å². The third-order valence-electron chi connectivity index (χ3n) is 12.7. The lowest BCUT2D eigenvalue weighted by Crippen LogP contribution is -2.70. The highest BCUT2D eigenvalue weighted by Crippen LogP contribution is 2.62. The Morgan fingerprint density at radius 2 is 1.86 bits per heavy atom. The number of fused-ring (bicyclic) bond motifs is 3. The number of carbonyl (C=O) groups is 2. The Morgan fingerprint density at radius 3 is 2.62 bits per heavy atom. The highest BCUT2D eigenvalue weighted by atomic mass is 35.5. The van der Waals surface area contributed by atoms with Gasteiger partial charge in [-0.15, -0.1) is 18.2 Å². The molecule has 7 unspecified atom stereocenters. The molecule has 14 heteroatoms. The average Bonchev–Trinajstić information content (AvgIpc) is 3.30. The van der Waals surface area contributed by atoms with Gasteiger partial charge in [0.2, 0.25) is 12.1 Å². The highest BCUT2D eigenvalue weighted by Gasteiger charge is 2.66. The van der Waals surface area contributed by atoms with Gasteiger partial charge in [0.25, 0.3) is 0 Å². The molecule has 1 saturated heterocycles. The number of hydrogen-bond acceptors (Lipinski definition) is 11. The smallest absolute Gasteiger partial charge is 0.412 e. The summed E-state index contributed by atoms with van der Waals surface area (Å²) in [5.41, 5.74) is 3.24. The molecular formula is C49H62ClN3O10. The number of alkyl halides is 1. The van der Waals surface area contributed by atoms with Gasteiger partial charge in [-0.2, -0.15) is 0 Å². The second kappa shape index (κ2) is 22.3. The molecule has 63 heavy (non-hydrogen) atoms. The van der Waals surface area contributed by atoms with Crippen LogP contribution < -0.4 is 14.8 Å². The minimum Gasteiger partial charge on any atom is -0.459 e. The van der Waals surface area contributed by atoms with Crippen LogP contribution in [0.4, 0.5) is 9.59 Å². The van der Waals surface area contributed by atoms with Crippen LogP contribution in [0, 0.1) is 17.8 Å². The summed E-state index contributed by atoms with van der Waals surface area (Å²) in [4.78, 5) is 35.6. The van der Waals surface area contributed by atoms with E-state index in [-0.39, 0.29) is 63.0 Å². The first-order valence-electron chi connectivity index (χ1n) is 22.6. The number of nitrogens with zero attached hydrogens (tertiary/aromatic N) is 2. The number of allylic oxidation sites excluding steroid dienone is 1. The minimum absolute atomic E-state index is 0.00987. The van der Waals surface area contributed by atoms with Crippen LogP contribution >= 0.6 is 11.6 Å². The fraction of sp³-hybridized carbons (Fsp3) is 0.531. The number of unbranched alkanes of at least 4 members (excludes halogenated alkanes) is 2. The first kappa shape index (κ1) is 46.3. The zero-order valence-corrected chi connectivity index (χ0v) is 37.0. The number of aliphatic hydroxyl groups excluding tert-OH is 2. The van der Waals surface area contributed by atoms with Gasteiger partial charge >= 0.3 is 12.2 Å². The van der Waals surface area contributed by atoms with Gasteiger partial charge in [-0.25, -0.2) is 9.59 Å². The lowest BCUT2D eigenvalue weighted by Gasteiger charge is -2.60. The minimum atomic E-state index is -1.53. The fourth-order valence-electron chi connectivity index (χ4n) is 10.0. The summed E-state index contributed by atoms with van der Waals surface area (Å²) in [5, 5.41) is 29.6. The van der Waals surface area contributed by atoms with Crippen LogP contribution in [0.1, 0.15) is 88.2 Å². The topological polar surface area (TPSA) is 158 Å². The summed E-state index contributed by atoms with van der Waals surface area (Å²) >= 11 is 6.15. The number of carbonyl (C=O) groups excluding carboxylic acids is 2.